The lowest BCUT2D eigenvalue weighted by atomic mass is 10.0. The Balaban J connectivity index is 1.75. The Hall–Kier alpha value is -2.42. The summed E-state index contributed by atoms with van der Waals surface area (Å²) in [6.45, 7) is 0. The SMILES string of the molecule is COc1ccc(C(NC(=O)c2ccc(S(=O)(=O)N(C)OC)cc2)C2CC2)cc1. The van der Waals surface area contributed by atoms with Gasteiger partial charge in [-0.15, -0.1) is 0 Å². The van der Waals surface area contributed by atoms with E-state index in [4.69, 9.17) is 9.57 Å². The van der Waals surface area contributed by atoms with Gasteiger partial charge in [0.1, 0.15) is 5.75 Å². The molecule has 1 aliphatic carbocycles. The highest BCUT2D eigenvalue weighted by atomic mass is 32.2. The molecule has 7 nitrogen and oxygen atoms in total. The smallest absolute Gasteiger partial charge is 0.264 e. The molecule has 1 amide bonds. The van der Waals surface area contributed by atoms with Gasteiger partial charge in [-0.05, 0) is 60.7 Å². The maximum Gasteiger partial charge on any atom is 0.264 e. The molecular formula is C20H24N2O5S. The minimum absolute atomic E-state index is 0.0577. The Morgan fingerprint density at radius 3 is 2.18 bits per heavy atom. The number of methoxy groups -OCH3 is 1. The van der Waals surface area contributed by atoms with Crippen LogP contribution in [0, 0.1) is 5.92 Å². The van der Waals surface area contributed by atoms with E-state index in [1.807, 2.05) is 24.3 Å². The van der Waals surface area contributed by atoms with Crippen LogP contribution < -0.4 is 10.1 Å². The minimum atomic E-state index is -3.74. The zero-order chi connectivity index (χ0) is 20.3. The minimum Gasteiger partial charge on any atom is -0.497 e. The number of hydroxylamine groups is 1. The first-order valence-electron chi connectivity index (χ1n) is 8.94. The van der Waals surface area contributed by atoms with E-state index in [0.717, 1.165) is 28.6 Å². The Morgan fingerprint density at radius 2 is 1.68 bits per heavy atom. The van der Waals surface area contributed by atoms with Crippen molar-refractivity contribution >= 4 is 15.9 Å². The predicted octanol–water partition coefficient (Wildman–Crippen LogP) is 2.76. The van der Waals surface area contributed by atoms with Crippen molar-refractivity contribution in [2.75, 3.05) is 21.3 Å². The average molecular weight is 404 g/mol. The summed E-state index contributed by atoms with van der Waals surface area (Å²) in [7, 11) is 0.459. The maximum absolute atomic E-state index is 12.7. The van der Waals surface area contributed by atoms with Crippen LogP contribution >= 0.6 is 0 Å². The third-order valence-corrected chi connectivity index (χ3v) is 6.56. The van der Waals surface area contributed by atoms with Crippen LogP contribution in [0.25, 0.3) is 0 Å². The highest BCUT2D eigenvalue weighted by Crippen LogP contribution is 2.41. The zero-order valence-electron chi connectivity index (χ0n) is 16.1. The molecule has 150 valence electrons. The van der Waals surface area contributed by atoms with Crippen molar-refractivity contribution in [2.45, 2.75) is 23.8 Å². The molecule has 0 heterocycles. The van der Waals surface area contributed by atoms with Crippen LogP contribution in [-0.4, -0.2) is 40.1 Å². The first-order valence-corrected chi connectivity index (χ1v) is 10.4. The second-order valence-electron chi connectivity index (χ2n) is 6.68. The standard InChI is InChI=1S/C20H24N2O5S/c1-22(27-3)28(24,25)18-12-8-16(9-13-18)20(23)21-19(14-4-5-14)15-6-10-17(26-2)11-7-15/h6-14,19H,4-5H2,1-3H3,(H,21,23). The van der Waals surface area contributed by atoms with E-state index in [2.05, 4.69) is 5.32 Å². The summed E-state index contributed by atoms with van der Waals surface area (Å²) in [5, 5.41) is 3.08. The van der Waals surface area contributed by atoms with Gasteiger partial charge < -0.3 is 10.1 Å². The van der Waals surface area contributed by atoms with E-state index in [-0.39, 0.29) is 16.8 Å². The normalized spacial score (nSPS) is 15.3. The maximum atomic E-state index is 12.7. The molecule has 2 aromatic rings. The summed E-state index contributed by atoms with van der Waals surface area (Å²) in [5.74, 6) is 0.937. The van der Waals surface area contributed by atoms with Gasteiger partial charge in [0.15, 0.2) is 0 Å². The van der Waals surface area contributed by atoms with Crippen LogP contribution in [0.4, 0.5) is 0 Å². The number of carbonyl (C=O) groups is 1. The van der Waals surface area contributed by atoms with Gasteiger partial charge in [-0.1, -0.05) is 16.6 Å². The third kappa shape index (κ3) is 4.35. The van der Waals surface area contributed by atoms with Gasteiger partial charge in [-0.2, -0.15) is 0 Å². The van der Waals surface area contributed by atoms with Crippen molar-refractivity contribution in [1.82, 2.24) is 9.79 Å². The van der Waals surface area contributed by atoms with Crippen LogP contribution in [-0.2, 0) is 14.9 Å². The number of hydrogen-bond acceptors (Lipinski definition) is 5. The predicted molar refractivity (Wildman–Crippen MR) is 104 cm³/mol. The monoisotopic (exact) mass is 404 g/mol. The summed E-state index contributed by atoms with van der Waals surface area (Å²) < 4.78 is 30.5. The molecule has 1 atom stereocenters. The number of amides is 1. The molecule has 1 N–H and O–H groups in total. The number of benzene rings is 2. The first kappa shape index (κ1) is 20.3. The van der Waals surface area contributed by atoms with Crippen LogP contribution in [0.15, 0.2) is 53.4 Å². The van der Waals surface area contributed by atoms with E-state index in [1.54, 1.807) is 7.11 Å². The number of hydrogen-bond donors (Lipinski definition) is 1. The Morgan fingerprint density at radius 1 is 1.07 bits per heavy atom. The van der Waals surface area contributed by atoms with E-state index in [0.29, 0.717) is 11.5 Å². The molecule has 0 radical (unpaired) electrons. The molecule has 3 rings (SSSR count). The molecule has 0 aromatic heterocycles. The summed E-state index contributed by atoms with van der Waals surface area (Å²) >= 11 is 0. The molecule has 0 spiro atoms. The molecule has 28 heavy (non-hydrogen) atoms. The highest BCUT2D eigenvalue weighted by molar-refractivity contribution is 7.89. The second kappa shape index (κ2) is 8.30. The fraction of sp³-hybridized carbons (Fsp3) is 0.350. The fourth-order valence-corrected chi connectivity index (χ4v) is 3.94. The largest absolute Gasteiger partial charge is 0.497 e. The van der Waals surface area contributed by atoms with Crippen molar-refractivity contribution in [3.05, 3.63) is 59.7 Å². The fourth-order valence-electron chi connectivity index (χ4n) is 2.96. The van der Waals surface area contributed by atoms with Crippen LogP contribution in [0.1, 0.15) is 34.8 Å². The van der Waals surface area contributed by atoms with E-state index in [1.165, 1.54) is 38.4 Å². The topological polar surface area (TPSA) is 84.9 Å². The van der Waals surface area contributed by atoms with Crippen molar-refractivity contribution in [3.8, 4) is 5.75 Å². The molecule has 8 heteroatoms. The second-order valence-corrected chi connectivity index (χ2v) is 8.62. The van der Waals surface area contributed by atoms with Gasteiger partial charge in [0, 0.05) is 12.6 Å². The van der Waals surface area contributed by atoms with Crippen molar-refractivity contribution in [3.63, 3.8) is 0 Å². The Bertz CT molecular complexity index is 922. The van der Waals surface area contributed by atoms with E-state index < -0.39 is 10.0 Å². The van der Waals surface area contributed by atoms with Gasteiger partial charge in [0.25, 0.3) is 15.9 Å². The number of ether oxygens (including phenoxy) is 1. The molecule has 1 fully saturated rings. The lowest BCUT2D eigenvalue weighted by molar-refractivity contribution is -0.0258. The summed E-state index contributed by atoms with van der Waals surface area (Å²) in [6, 6.07) is 13.4. The Labute approximate surface area is 165 Å². The Kier molecular flexibility index (Phi) is 6.02. The van der Waals surface area contributed by atoms with E-state index >= 15 is 0 Å². The molecule has 1 unspecified atom stereocenters. The highest BCUT2D eigenvalue weighted by Gasteiger charge is 2.33. The number of nitrogens with zero attached hydrogens (tertiary/aromatic N) is 1. The quantitative estimate of drug-likeness (QED) is 0.684. The molecule has 2 aromatic carbocycles. The van der Waals surface area contributed by atoms with Crippen molar-refractivity contribution < 1.29 is 22.8 Å². The van der Waals surface area contributed by atoms with E-state index in [9.17, 15) is 13.2 Å². The molecule has 1 saturated carbocycles. The first-order chi connectivity index (χ1) is 13.4. The number of rotatable bonds is 8. The molecule has 0 aliphatic heterocycles. The zero-order valence-corrected chi connectivity index (χ0v) is 16.9. The van der Waals surface area contributed by atoms with Gasteiger partial charge >= 0.3 is 0 Å². The van der Waals surface area contributed by atoms with Crippen LogP contribution in [0.3, 0.4) is 0 Å². The molecule has 0 saturated heterocycles. The van der Waals surface area contributed by atoms with Crippen molar-refractivity contribution in [2.24, 2.45) is 5.92 Å². The van der Waals surface area contributed by atoms with Crippen molar-refractivity contribution in [1.29, 1.82) is 0 Å². The summed E-state index contributed by atoms with van der Waals surface area (Å²) in [5.41, 5.74) is 1.43. The van der Waals surface area contributed by atoms with Crippen LogP contribution in [0.5, 0.6) is 5.75 Å². The van der Waals surface area contributed by atoms with Gasteiger partial charge in [0.2, 0.25) is 0 Å². The third-order valence-electron chi connectivity index (χ3n) is 4.86. The van der Waals surface area contributed by atoms with Gasteiger partial charge in [-0.3, -0.25) is 9.63 Å². The molecular weight excluding hydrogens is 380 g/mol. The van der Waals surface area contributed by atoms with Crippen LogP contribution in [0.2, 0.25) is 0 Å². The lowest BCUT2D eigenvalue weighted by Crippen LogP contribution is -2.30. The van der Waals surface area contributed by atoms with Gasteiger partial charge in [0.05, 0.1) is 25.2 Å². The summed E-state index contributed by atoms with van der Waals surface area (Å²) in [6.07, 6.45) is 2.13. The lowest BCUT2D eigenvalue weighted by Gasteiger charge is -2.19. The number of sulfonamides is 1. The number of nitrogens with one attached hydrogen (secondary N) is 1. The number of carbonyl (C=O) groups excluding carboxylic acids is 1. The average Bonchev–Trinajstić information content (AvgIpc) is 3.56. The van der Waals surface area contributed by atoms with Gasteiger partial charge in [-0.25, -0.2) is 8.42 Å². The summed E-state index contributed by atoms with van der Waals surface area (Å²) in [4.78, 5) is 17.5. The molecule has 0 bridgehead atoms. The molecule has 1 aliphatic rings.